The molecule has 1 aromatic rings. The summed E-state index contributed by atoms with van der Waals surface area (Å²) in [6.07, 6.45) is 3.72. The summed E-state index contributed by atoms with van der Waals surface area (Å²) in [5.41, 5.74) is 0.926. The highest BCUT2D eigenvalue weighted by Gasteiger charge is 2.15. The molecule has 1 heterocycles. The van der Waals surface area contributed by atoms with Crippen LogP contribution >= 0.6 is 12.4 Å². The van der Waals surface area contributed by atoms with Crippen molar-refractivity contribution in [1.29, 1.82) is 0 Å². The van der Waals surface area contributed by atoms with E-state index in [1.807, 2.05) is 0 Å². The molecule has 1 atom stereocenters. The molecule has 1 aromatic carbocycles. The Bertz CT molecular complexity index is 473. The fourth-order valence-corrected chi connectivity index (χ4v) is 2.33. The van der Waals surface area contributed by atoms with E-state index < -0.39 is 4.92 Å². The Morgan fingerprint density at radius 2 is 2.10 bits per heavy atom. The molecule has 21 heavy (non-hydrogen) atoms. The second-order valence-corrected chi connectivity index (χ2v) is 5.03. The number of amides is 1. The average molecular weight is 314 g/mol. The molecule has 2 rings (SSSR count). The highest BCUT2D eigenvalue weighted by Crippen LogP contribution is 2.12. The van der Waals surface area contributed by atoms with Crippen LogP contribution in [-0.4, -0.2) is 23.4 Å². The first-order valence-electron chi connectivity index (χ1n) is 6.88. The molecule has 7 heteroatoms. The number of nitro benzene ring substituents is 1. The predicted octanol–water partition coefficient (Wildman–Crippen LogP) is 2.17. The third-order valence-electron chi connectivity index (χ3n) is 3.52. The van der Waals surface area contributed by atoms with Crippen LogP contribution in [0, 0.1) is 10.1 Å². The van der Waals surface area contributed by atoms with Gasteiger partial charge in [0.15, 0.2) is 0 Å². The molecule has 1 saturated heterocycles. The van der Waals surface area contributed by atoms with E-state index in [0.717, 1.165) is 24.9 Å². The van der Waals surface area contributed by atoms with Gasteiger partial charge in [-0.05, 0) is 31.4 Å². The lowest BCUT2D eigenvalue weighted by Gasteiger charge is -2.10. The number of carbonyl (C=O) groups excluding carboxylic acids is 1. The Kier molecular flexibility index (Phi) is 7.11. The van der Waals surface area contributed by atoms with E-state index in [4.69, 9.17) is 0 Å². The molecule has 0 saturated carbocycles. The quantitative estimate of drug-likeness (QED) is 0.622. The predicted molar refractivity (Wildman–Crippen MR) is 82.4 cm³/mol. The first-order valence-corrected chi connectivity index (χ1v) is 6.88. The van der Waals surface area contributed by atoms with E-state index in [0.29, 0.717) is 19.0 Å². The molecule has 0 radical (unpaired) electrons. The lowest BCUT2D eigenvalue weighted by atomic mass is 10.1. The highest BCUT2D eigenvalue weighted by molar-refractivity contribution is 5.85. The van der Waals surface area contributed by atoms with Gasteiger partial charge in [0.25, 0.3) is 5.69 Å². The van der Waals surface area contributed by atoms with Crippen molar-refractivity contribution in [2.24, 2.45) is 0 Å². The van der Waals surface area contributed by atoms with Crippen LogP contribution in [0.25, 0.3) is 0 Å². The summed E-state index contributed by atoms with van der Waals surface area (Å²) in [4.78, 5) is 21.8. The summed E-state index contributed by atoms with van der Waals surface area (Å²) < 4.78 is 0. The van der Waals surface area contributed by atoms with Crippen LogP contribution in [0.3, 0.4) is 0 Å². The van der Waals surface area contributed by atoms with Crippen LogP contribution in [0.5, 0.6) is 0 Å². The molecule has 0 aliphatic carbocycles. The van der Waals surface area contributed by atoms with E-state index in [-0.39, 0.29) is 24.0 Å². The van der Waals surface area contributed by atoms with Crippen LogP contribution in [0.1, 0.15) is 31.2 Å². The summed E-state index contributed by atoms with van der Waals surface area (Å²) >= 11 is 0. The number of nitro groups is 1. The van der Waals surface area contributed by atoms with Gasteiger partial charge in [-0.3, -0.25) is 14.9 Å². The van der Waals surface area contributed by atoms with Crippen molar-refractivity contribution < 1.29 is 9.72 Å². The monoisotopic (exact) mass is 313 g/mol. The smallest absolute Gasteiger partial charge is 0.269 e. The lowest BCUT2D eigenvalue weighted by Crippen LogP contribution is -2.27. The maximum Gasteiger partial charge on any atom is 0.269 e. The summed E-state index contributed by atoms with van der Waals surface area (Å²) in [6, 6.07) is 6.70. The van der Waals surface area contributed by atoms with Gasteiger partial charge in [-0.25, -0.2) is 0 Å². The number of hydrogen-bond donors (Lipinski definition) is 2. The van der Waals surface area contributed by atoms with Crippen LogP contribution < -0.4 is 10.6 Å². The Balaban J connectivity index is 0.00000220. The van der Waals surface area contributed by atoms with Gasteiger partial charge in [-0.1, -0.05) is 12.1 Å². The van der Waals surface area contributed by atoms with E-state index >= 15 is 0 Å². The molecule has 6 nitrogen and oxygen atoms in total. The van der Waals surface area contributed by atoms with Gasteiger partial charge in [-0.15, -0.1) is 12.4 Å². The van der Waals surface area contributed by atoms with Crippen molar-refractivity contribution in [3.63, 3.8) is 0 Å². The third-order valence-corrected chi connectivity index (χ3v) is 3.52. The molecule has 0 spiro atoms. The Morgan fingerprint density at radius 1 is 1.38 bits per heavy atom. The Hall–Kier alpha value is -1.66. The van der Waals surface area contributed by atoms with Crippen LogP contribution in [0.4, 0.5) is 5.69 Å². The molecule has 1 aliphatic heterocycles. The lowest BCUT2D eigenvalue weighted by molar-refractivity contribution is -0.384. The number of non-ortho nitro benzene ring substituents is 1. The topological polar surface area (TPSA) is 84.3 Å². The molecule has 0 aromatic heterocycles. The van der Waals surface area contributed by atoms with Crippen molar-refractivity contribution in [3.05, 3.63) is 39.9 Å². The molecule has 1 unspecified atom stereocenters. The van der Waals surface area contributed by atoms with Gasteiger partial charge >= 0.3 is 0 Å². The standard InChI is InChI=1S/C14H19N3O3.ClH/c18-14(8-5-12-2-1-9-15-12)16-10-11-3-6-13(7-4-11)17(19)20;/h3-4,6-7,12,15H,1-2,5,8-10H2,(H,16,18);1H. The van der Waals surface area contributed by atoms with Crippen molar-refractivity contribution in [2.75, 3.05) is 6.54 Å². The summed E-state index contributed by atoms with van der Waals surface area (Å²) in [6.45, 7) is 1.46. The first kappa shape index (κ1) is 17.4. The maximum absolute atomic E-state index is 11.7. The molecule has 1 fully saturated rings. The minimum Gasteiger partial charge on any atom is -0.352 e. The maximum atomic E-state index is 11.7. The zero-order valence-electron chi connectivity index (χ0n) is 11.7. The zero-order chi connectivity index (χ0) is 14.4. The number of hydrogen-bond acceptors (Lipinski definition) is 4. The fraction of sp³-hybridized carbons (Fsp3) is 0.500. The second kappa shape index (κ2) is 8.59. The fourth-order valence-electron chi connectivity index (χ4n) is 2.33. The van der Waals surface area contributed by atoms with E-state index in [1.54, 1.807) is 12.1 Å². The number of rotatable bonds is 6. The molecule has 1 amide bonds. The molecule has 2 N–H and O–H groups in total. The molecule has 0 bridgehead atoms. The van der Waals surface area contributed by atoms with E-state index in [9.17, 15) is 14.9 Å². The highest BCUT2D eigenvalue weighted by atomic mass is 35.5. The van der Waals surface area contributed by atoms with Gasteiger partial charge in [0.05, 0.1) is 4.92 Å². The van der Waals surface area contributed by atoms with Gasteiger partial charge in [0.1, 0.15) is 0 Å². The molecular formula is C14H20ClN3O3. The minimum atomic E-state index is -0.434. The summed E-state index contributed by atoms with van der Waals surface area (Å²) in [5.74, 6) is 0.0250. The Morgan fingerprint density at radius 3 is 2.67 bits per heavy atom. The van der Waals surface area contributed by atoms with Crippen molar-refractivity contribution in [3.8, 4) is 0 Å². The number of carbonyl (C=O) groups is 1. The zero-order valence-corrected chi connectivity index (χ0v) is 12.5. The molecule has 116 valence electrons. The third kappa shape index (κ3) is 5.69. The second-order valence-electron chi connectivity index (χ2n) is 5.03. The van der Waals surface area contributed by atoms with Gasteiger partial charge in [0, 0.05) is 31.1 Å². The first-order chi connectivity index (χ1) is 9.65. The number of benzene rings is 1. The number of nitrogens with one attached hydrogen (secondary N) is 2. The van der Waals surface area contributed by atoms with E-state index in [2.05, 4.69) is 10.6 Å². The summed E-state index contributed by atoms with van der Waals surface area (Å²) in [5, 5.41) is 16.7. The van der Waals surface area contributed by atoms with Crippen molar-refractivity contribution in [2.45, 2.75) is 38.3 Å². The average Bonchev–Trinajstić information content (AvgIpc) is 2.96. The SMILES string of the molecule is Cl.O=C(CCC1CCCN1)NCc1ccc([N+](=O)[O-])cc1. The van der Waals surface area contributed by atoms with E-state index in [1.165, 1.54) is 18.6 Å². The Labute approximate surface area is 129 Å². The largest absolute Gasteiger partial charge is 0.352 e. The summed E-state index contributed by atoms with van der Waals surface area (Å²) in [7, 11) is 0. The van der Waals surface area contributed by atoms with Crippen LogP contribution in [0.2, 0.25) is 0 Å². The van der Waals surface area contributed by atoms with Gasteiger partial charge < -0.3 is 10.6 Å². The van der Waals surface area contributed by atoms with Crippen LogP contribution in [-0.2, 0) is 11.3 Å². The number of halogens is 1. The molecular weight excluding hydrogens is 294 g/mol. The van der Waals surface area contributed by atoms with Gasteiger partial charge in [0.2, 0.25) is 5.91 Å². The van der Waals surface area contributed by atoms with Crippen LogP contribution in [0.15, 0.2) is 24.3 Å². The number of nitrogens with zero attached hydrogens (tertiary/aromatic N) is 1. The molecule has 1 aliphatic rings. The minimum absolute atomic E-state index is 0. The normalized spacial score (nSPS) is 17.0. The van der Waals surface area contributed by atoms with Gasteiger partial charge in [-0.2, -0.15) is 0 Å². The van der Waals surface area contributed by atoms with Crippen molar-refractivity contribution >= 4 is 24.0 Å². The van der Waals surface area contributed by atoms with Crippen molar-refractivity contribution in [1.82, 2.24) is 10.6 Å².